The number of benzene rings is 2. The number of halogens is 1. The van der Waals surface area contributed by atoms with Crippen LogP contribution in [0.25, 0.3) is 0 Å². The van der Waals surface area contributed by atoms with Crippen molar-refractivity contribution in [2.24, 2.45) is 0 Å². The molecule has 7 heteroatoms. The lowest BCUT2D eigenvalue weighted by molar-refractivity contribution is -0.00373. The first-order chi connectivity index (χ1) is 13.6. The first kappa shape index (κ1) is 23.0. The first-order valence-electron chi connectivity index (χ1n) is 9.47. The van der Waals surface area contributed by atoms with Crippen LogP contribution in [0.4, 0.5) is 10.5 Å². The van der Waals surface area contributed by atoms with E-state index in [0.29, 0.717) is 22.7 Å². The lowest BCUT2D eigenvalue weighted by atomic mass is 10.0. The van der Waals surface area contributed by atoms with Crippen molar-refractivity contribution in [1.29, 1.82) is 0 Å². The van der Waals surface area contributed by atoms with E-state index in [9.17, 15) is 15.0 Å². The Labute approximate surface area is 176 Å². The highest BCUT2D eigenvalue weighted by Gasteiger charge is 2.30. The fourth-order valence-electron chi connectivity index (χ4n) is 2.90. The lowest BCUT2D eigenvalue weighted by Gasteiger charge is -2.34. The highest BCUT2D eigenvalue weighted by Crippen LogP contribution is 2.22. The third-order valence-electron chi connectivity index (χ3n) is 4.33. The SMILES string of the molecule is CC(C)(C)OC(=O)N(C[C@@H](O)c1cccc(Cl)c1)[C@H](CO)Cc1ccc(N)cc1. The van der Waals surface area contributed by atoms with Gasteiger partial charge in [-0.1, -0.05) is 35.9 Å². The first-order valence-corrected chi connectivity index (χ1v) is 9.85. The van der Waals surface area contributed by atoms with Gasteiger partial charge in [0, 0.05) is 10.7 Å². The monoisotopic (exact) mass is 420 g/mol. The Hall–Kier alpha value is -2.28. The zero-order chi connectivity index (χ0) is 21.6. The second-order valence-electron chi connectivity index (χ2n) is 7.99. The van der Waals surface area contributed by atoms with Gasteiger partial charge in [0.05, 0.1) is 25.3 Å². The summed E-state index contributed by atoms with van der Waals surface area (Å²) in [6, 6.07) is 13.5. The molecule has 2 rings (SSSR count). The molecule has 0 aromatic heterocycles. The van der Waals surface area contributed by atoms with Gasteiger partial charge in [-0.3, -0.25) is 4.90 Å². The Balaban J connectivity index is 2.26. The summed E-state index contributed by atoms with van der Waals surface area (Å²) in [7, 11) is 0. The van der Waals surface area contributed by atoms with Crippen molar-refractivity contribution >= 4 is 23.4 Å². The van der Waals surface area contributed by atoms with Crippen molar-refractivity contribution in [3.8, 4) is 0 Å². The summed E-state index contributed by atoms with van der Waals surface area (Å²) in [5.41, 5.74) is 7.14. The molecule has 0 unspecified atom stereocenters. The molecular formula is C22H29ClN2O4. The van der Waals surface area contributed by atoms with Gasteiger partial charge in [-0.15, -0.1) is 0 Å². The van der Waals surface area contributed by atoms with Crippen LogP contribution in [0.3, 0.4) is 0 Å². The van der Waals surface area contributed by atoms with Gasteiger partial charge in [-0.25, -0.2) is 4.79 Å². The number of anilines is 1. The molecule has 29 heavy (non-hydrogen) atoms. The Morgan fingerprint density at radius 2 is 1.86 bits per heavy atom. The topological polar surface area (TPSA) is 96.0 Å². The minimum atomic E-state index is -0.985. The maximum absolute atomic E-state index is 12.9. The van der Waals surface area contributed by atoms with E-state index < -0.39 is 23.8 Å². The molecule has 6 nitrogen and oxygen atoms in total. The number of nitrogen functional groups attached to an aromatic ring is 1. The summed E-state index contributed by atoms with van der Waals surface area (Å²) < 4.78 is 5.52. The molecule has 2 aromatic rings. The largest absolute Gasteiger partial charge is 0.444 e. The van der Waals surface area contributed by atoms with Crippen molar-refractivity contribution in [3.05, 3.63) is 64.7 Å². The third-order valence-corrected chi connectivity index (χ3v) is 4.57. The molecule has 0 saturated heterocycles. The smallest absolute Gasteiger partial charge is 0.410 e. The van der Waals surface area contributed by atoms with E-state index in [4.69, 9.17) is 22.1 Å². The Morgan fingerprint density at radius 1 is 1.21 bits per heavy atom. The maximum Gasteiger partial charge on any atom is 0.410 e. The van der Waals surface area contributed by atoms with Crippen LogP contribution >= 0.6 is 11.6 Å². The van der Waals surface area contributed by atoms with Crippen molar-refractivity contribution in [2.75, 3.05) is 18.9 Å². The van der Waals surface area contributed by atoms with E-state index in [-0.39, 0.29) is 13.2 Å². The molecule has 158 valence electrons. The second-order valence-corrected chi connectivity index (χ2v) is 8.42. The number of hydrogen-bond acceptors (Lipinski definition) is 5. The highest BCUT2D eigenvalue weighted by molar-refractivity contribution is 6.30. The van der Waals surface area contributed by atoms with Crippen LogP contribution in [-0.2, 0) is 11.2 Å². The zero-order valence-electron chi connectivity index (χ0n) is 17.0. The van der Waals surface area contributed by atoms with Crippen LogP contribution in [-0.4, -0.2) is 46.0 Å². The molecule has 0 bridgehead atoms. The van der Waals surface area contributed by atoms with Crippen LogP contribution in [0.1, 0.15) is 38.0 Å². The quantitative estimate of drug-likeness (QED) is 0.592. The summed E-state index contributed by atoms with van der Waals surface area (Å²) in [6.07, 6.45) is -1.20. The molecule has 0 heterocycles. The molecule has 0 aliphatic carbocycles. The zero-order valence-corrected chi connectivity index (χ0v) is 17.8. The number of aliphatic hydroxyl groups is 2. The second kappa shape index (κ2) is 9.96. The molecule has 4 N–H and O–H groups in total. The van der Waals surface area contributed by atoms with Gasteiger partial charge in [-0.05, 0) is 62.6 Å². The normalized spacial score (nSPS) is 13.6. The molecule has 0 aliphatic heterocycles. The molecule has 2 atom stereocenters. The predicted molar refractivity (Wildman–Crippen MR) is 115 cm³/mol. The van der Waals surface area contributed by atoms with E-state index in [1.54, 1.807) is 57.2 Å². The number of carbonyl (C=O) groups excluding carboxylic acids is 1. The van der Waals surface area contributed by atoms with Gasteiger partial charge < -0.3 is 20.7 Å². The molecule has 0 saturated carbocycles. The fraction of sp³-hybridized carbons (Fsp3) is 0.409. The number of nitrogens with two attached hydrogens (primary N) is 1. The minimum absolute atomic E-state index is 0.0462. The van der Waals surface area contributed by atoms with Gasteiger partial charge in [0.1, 0.15) is 5.60 Å². The molecule has 1 amide bonds. The van der Waals surface area contributed by atoms with E-state index >= 15 is 0 Å². The van der Waals surface area contributed by atoms with Crippen LogP contribution < -0.4 is 5.73 Å². The average molecular weight is 421 g/mol. The van der Waals surface area contributed by atoms with E-state index in [2.05, 4.69) is 0 Å². The third kappa shape index (κ3) is 7.24. The number of carbonyl (C=O) groups is 1. The molecule has 0 fully saturated rings. The summed E-state index contributed by atoms with van der Waals surface area (Å²) in [4.78, 5) is 14.2. The van der Waals surface area contributed by atoms with Crippen LogP contribution in [0.15, 0.2) is 48.5 Å². The Kier molecular flexibility index (Phi) is 7.90. The van der Waals surface area contributed by atoms with Gasteiger partial charge >= 0.3 is 6.09 Å². The fourth-order valence-corrected chi connectivity index (χ4v) is 3.10. The number of amides is 1. The summed E-state index contributed by atoms with van der Waals surface area (Å²) in [5, 5.41) is 21.2. The van der Waals surface area contributed by atoms with Gasteiger partial charge in [-0.2, -0.15) is 0 Å². The molecule has 0 spiro atoms. The van der Waals surface area contributed by atoms with Gasteiger partial charge in [0.2, 0.25) is 0 Å². The number of aliphatic hydroxyl groups excluding tert-OH is 2. The van der Waals surface area contributed by atoms with Crippen LogP contribution in [0.2, 0.25) is 5.02 Å². The summed E-state index contributed by atoms with van der Waals surface area (Å²) in [6.45, 7) is 4.97. The van der Waals surface area contributed by atoms with Crippen molar-refractivity contribution in [2.45, 2.75) is 44.9 Å². The van der Waals surface area contributed by atoms with Crippen molar-refractivity contribution < 1.29 is 19.7 Å². The molecule has 2 aromatic carbocycles. The maximum atomic E-state index is 12.9. The average Bonchev–Trinajstić information content (AvgIpc) is 2.64. The van der Waals surface area contributed by atoms with Gasteiger partial charge in [0.15, 0.2) is 0 Å². The van der Waals surface area contributed by atoms with E-state index in [1.807, 2.05) is 12.1 Å². The van der Waals surface area contributed by atoms with E-state index in [0.717, 1.165) is 5.56 Å². The van der Waals surface area contributed by atoms with Crippen LogP contribution in [0, 0.1) is 0 Å². The van der Waals surface area contributed by atoms with Gasteiger partial charge in [0.25, 0.3) is 0 Å². The van der Waals surface area contributed by atoms with E-state index in [1.165, 1.54) is 4.90 Å². The predicted octanol–water partition coefficient (Wildman–Crippen LogP) is 3.80. The lowest BCUT2D eigenvalue weighted by Crippen LogP contribution is -2.48. The summed E-state index contributed by atoms with van der Waals surface area (Å²) in [5.74, 6) is 0. The van der Waals surface area contributed by atoms with Crippen molar-refractivity contribution in [1.82, 2.24) is 4.90 Å². The highest BCUT2D eigenvalue weighted by atomic mass is 35.5. The number of nitrogens with zero attached hydrogens (tertiary/aromatic N) is 1. The standard InChI is InChI=1S/C22H29ClN2O4/c1-22(2,3)29-21(28)25(13-20(27)16-5-4-6-17(23)12-16)19(14-26)11-15-7-9-18(24)10-8-15/h4-10,12,19-20,26-27H,11,13-14,24H2,1-3H3/t19-,20+/m0/s1. The van der Waals surface area contributed by atoms with Crippen molar-refractivity contribution in [3.63, 3.8) is 0 Å². The molecular weight excluding hydrogens is 392 g/mol. The minimum Gasteiger partial charge on any atom is -0.444 e. The number of ether oxygens (including phenoxy) is 1. The number of rotatable bonds is 7. The Morgan fingerprint density at radius 3 is 2.41 bits per heavy atom. The molecule has 0 aliphatic rings. The van der Waals surface area contributed by atoms with Crippen LogP contribution in [0.5, 0.6) is 0 Å². The molecule has 0 radical (unpaired) electrons. The Bertz CT molecular complexity index is 805. The number of hydrogen-bond donors (Lipinski definition) is 3. The summed E-state index contributed by atoms with van der Waals surface area (Å²) >= 11 is 6.02.